The fourth-order valence-corrected chi connectivity index (χ4v) is 2.30. The number of hydrogen-bond donors (Lipinski definition) is 1. The number of carbonyl (C=O) groups is 3. The van der Waals surface area contributed by atoms with E-state index in [1.54, 1.807) is 0 Å². The Bertz CT molecular complexity index is 347. The van der Waals surface area contributed by atoms with Crippen molar-refractivity contribution in [3.8, 4) is 0 Å². The van der Waals surface area contributed by atoms with Gasteiger partial charge in [0, 0.05) is 13.7 Å². The normalized spacial score (nSPS) is 28.2. The number of ether oxygens (including phenoxy) is 1. The predicted octanol–water partition coefficient (Wildman–Crippen LogP) is -0.129. The molecular formula is C11H15NO5. The van der Waals surface area contributed by atoms with E-state index < -0.39 is 12.0 Å². The number of amides is 2. The largest absolute Gasteiger partial charge is 0.480 e. The van der Waals surface area contributed by atoms with Gasteiger partial charge in [-0.2, -0.15) is 0 Å². The highest BCUT2D eigenvalue weighted by Gasteiger charge is 2.61. The summed E-state index contributed by atoms with van der Waals surface area (Å²) in [6.07, 6.45) is 1.36. The SMILES string of the molecule is COCCCC(C(=O)O)N1C(=O)C2CC2C1=O. The van der Waals surface area contributed by atoms with Gasteiger partial charge in [0.2, 0.25) is 11.8 Å². The lowest BCUT2D eigenvalue weighted by Gasteiger charge is -2.24. The Labute approximate surface area is 98.5 Å². The van der Waals surface area contributed by atoms with Crippen LogP contribution in [0.25, 0.3) is 0 Å². The Morgan fingerprint density at radius 1 is 1.47 bits per heavy atom. The van der Waals surface area contributed by atoms with Crippen LogP contribution in [0.5, 0.6) is 0 Å². The van der Waals surface area contributed by atoms with Crippen LogP contribution in [0, 0.1) is 11.8 Å². The molecule has 6 nitrogen and oxygen atoms in total. The van der Waals surface area contributed by atoms with E-state index in [0.29, 0.717) is 19.4 Å². The summed E-state index contributed by atoms with van der Waals surface area (Å²) in [6, 6.07) is -1.03. The molecule has 1 heterocycles. The lowest BCUT2D eigenvalue weighted by molar-refractivity contribution is -0.156. The number of carboxylic acids is 1. The average molecular weight is 241 g/mol. The van der Waals surface area contributed by atoms with Gasteiger partial charge < -0.3 is 9.84 Å². The molecule has 0 aromatic heterocycles. The first kappa shape index (κ1) is 12.0. The van der Waals surface area contributed by atoms with Crippen LogP contribution >= 0.6 is 0 Å². The molecular weight excluding hydrogens is 226 g/mol. The number of piperidine rings is 1. The molecule has 3 unspecified atom stereocenters. The summed E-state index contributed by atoms with van der Waals surface area (Å²) in [5, 5.41) is 9.08. The molecule has 2 rings (SSSR count). The second kappa shape index (κ2) is 4.44. The summed E-state index contributed by atoms with van der Waals surface area (Å²) in [6.45, 7) is 0.423. The maximum absolute atomic E-state index is 11.7. The highest BCUT2D eigenvalue weighted by molar-refractivity contribution is 6.10. The Morgan fingerprint density at radius 2 is 2.06 bits per heavy atom. The molecule has 2 aliphatic rings. The second-order valence-electron chi connectivity index (χ2n) is 4.48. The summed E-state index contributed by atoms with van der Waals surface area (Å²) in [5.74, 6) is -2.24. The minimum absolute atomic E-state index is 0.244. The van der Waals surface area contributed by atoms with Gasteiger partial charge in [-0.15, -0.1) is 0 Å². The predicted molar refractivity (Wildman–Crippen MR) is 56.0 cm³/mol. The number of carbonyl (C=O) groups excluding carboxylic acids is 2. The van der Waals surface area contributed by atoms with Crippen molar-refractivity contribution in [3.05, 3.63) is 0 Å². The monoisotopic (exact) mass is 241 g/mol. The van der Waals surface area contributed by atoms with E-state index in [9.17, 15) is 14.4 Å². The van der Waals surface area contributed by atoms with E-state index in [2.05, 4.69) is 0 Å². The van der Waals surface area contributed by atoms with Crippen molar-refractivity contribution in [1.82, 2.24) is 4.90 Å². The molecule has 2 amide bonds. The first-order valence-electron chi connectivity index (χ1n) is 5.66. The molecule has 1 N–H and O–H groups in total. The molecule has 1 saturated carbocycles. The van der Waals surface area contributed by atoms with Crippen LogP contribution in [-0.2, 0) is 19.1 Å². The number of hydrogen-bond acceptors (Lipinski definition) is 4. The number of carboxylic acid groups (broad SMARTS) is 1. The lowest BCUT2D eigenvalue weighted by atomic mass is 10.1. The van der Waals surface area contributed by atoms with Crippen molar-refractivity contribution in [3.63, 3.8) is 0 Å². The standard InChI is InChI=1S/C11H15NO5/c1-17-4-2-3-8(11(15)16)12-9(13)6-5-7(6)10(12)14/h6-8H,2-5H2,1H3,(H,15,16). The Kier molecular flexibility index (Phi) is 3.15. The maximum atomic E-state index is 11.7. The third-order valence-corrected chi connectivity index (χ3v) is 3.32. The number of likely N-dealkylation sites (tertiary alicyclic amines) is 1. The number of aliphatic carboxylic acids is 1. The Balaban J connectivity index is 2.03. The van der Waals surface area contributed by atoms with Crippen LogP contribution in [0.2, 0.25) is 0 Å². The molecule has 3 atom stereocenters. The van der Waals surface area contributed by atoms with Gasteiger partial charge in [-0.25, -0.2) is 4.79 Å². The third kappa shape index (κ3) is 2.04. The second-order valence-corrected chi connectivity index (χ2v) is 4.48. The summed E-state index contributed by atoms with van der Waals surface area (Å²) in [4.78, 5) is 35.5. The van der Waals surface area contributed by atoms with Gasteiger partial charge in [0.25, 0.3) is 0 Å². The molecule has 0 radical (unpaired) electrons. The molecule has 2 fully saturated rings. The van der Waals surface area contributed by atoms with Gasteiger partial charge in [-0.1, -0.05) is 0 Å². The molecule has 94 valence electrons. The van der Waals surface area contributed by atoms with E-state index in [-0.39, 0.29) is 30.1 Å². The van der Waals surface area contributed by atoms with Gasteiger partial charge in [-0.3, -0.25) is 14.5 Å². The van der Waals surface area contributed by atoms with E-state index in [4.69, 9.17) is 9.84 Å². The van der Waals surface area contributed by atoms with E-state index in [1.807, 2.05) is 0 Å². The van der Waals surface area contributed by atoms with Crippen LogP contribution < -0.4 is 0 Å². The molecule has 1 aliphatic carbocycles. The molecule has 6 heteroatoms. The first-order chi connectivity index (χ1) is 8.07. The van der Waals surface area contributed by atoms with Crippen molar-refractivity contribution in [2.24, 2.45) is 11.8 Å². The smallest absolute Gasteiger partial charge is 0.326 e. The number of fused-ring (bicyclic) bond motifs is 1. The van der Waals surface area contributed by atoms with E-state index in [1.165, 1.54) is 7.11 Å². The highest BCUT2D eigenvalue weighted by Crippen LogP contribution is 2.47. The molecule has 0 bridgehead atoms. The summed E-state index contributed by atoms with van der Waals surface area (Å²) in [5.41, 5.74) is 0. The van der Waals surface area contributed by atoms with Gasteiger partial charge in [0.15, 0.2) is 0 Å². The van der Waals surface area contributed by atoms with Gasteiger partial charge in [0.05, 0.1) is 11.8 Å². The quantitative estimate of drug-likeness (QED) is 0.517. The zero-order valence-electron chi connectivity index (χ0n) is 9.59. The summed E-state index contributed by atoms with van der Waals surface area (Å²) >= 11 is 0. The van der Waals surface area contributed by atoms with Crippen molar-refractivity contribution in [1.29, 1.82) is 0 Å². The zero-order valence-corrected chi connectivity index (χ0v) is 9.59. The molecule has 1 saturated heterocycles. The lowest BCUT2D eigenvalue weighted by Crippen LogP contribution is -2.46. The van der Waals surface area contributed by atoms with Crippen molar-refractivity contribution < 1.29 is 24.2 Å². The Hall–Kier alpha value is -1.43. The van der Waals surface area contributed by atoms with Crippen LogP contribution in [0.3, 0.4) is 0 Å². The zero-order chi connectivity index (χ0) is 12.6. The van der Waals surface area contributed by atoms with Crippen LogP contribution in [0.1, 0.15) is 19.3 Å². The van der Waals surface area contributed by atoms with Crippen LogP contribution in [0.15, 0.2) is 0 Å². The van der Waals surface area contributed by atoms with Crippen molar-refractivity contribution >= 4 is 17.8 Å². The fraction of sp³-hybridized carbons (Fsp3) is 0.727. The van der Waals surface area contributed by atoms with Gasteiger partial charge >= 0.3 is 5.97 Å². The highest BCUT2D eigenvalue weighted by atomic mass is 16.5. The van der Waals surface area contributed by atoms with E-state index in [0.717, 1.165) is 4.90 Å². The third-order valence-electron chi connectivity index (χ3n) is 3.32. The fourth-order valence-electron chi connectivity index (χ4n) is 2.30. The first-order valence-corrected chi connectivity index (χ1v) is 5.66. The number of imide groups is 1. The summed E-state index contributed by atoms with van der Waals surface area (Å²) in [7, 11) is 1.52. The summed E-state index contributed by atoms with van der Waals surface area (Å²) < 4.78 is 4.84. The van der Waals surface area contributed by atoms with Crippen LogP contribution in [0.4, 0.5) is 0 Å². The maximum Gasteiger partial charge on any atom is 0.326 e. The minimum atomic E-state index is -1.12. The van der Waals surface area contributed by atoms with E-state index >= 15 is 0 Å². The topological polar surface area (TPSA) is 83.9 Å². The minimum Gasteiger partial charge on any atom is -0.480 e. The van der Waals surface area contributed by atoms with Crippen molar-refractivity contribution in [2.75, 3.05) is 13.7 Å². The number of nitrogens with zero attached hydrogens (tertiary/aromatic N) is 1. The average Bonchev–Trinajstić information content (AvgIpc) is 3.02. The van der Waals surface area contributed by atoms with Crippen molar-refractivity contribution in [2.45, 2.75) is 25.3 Å². The molecule has 1 aliphatic heterocycles. The molecule has 0 aromatic rings. The molecule has 17 heavy (non-hydrogen) atoms. The number of rotatable bonds is 6. The van der Waals surface area contributed by atoms with Gasteiger partial charge in [0.1, 0.15) is 6.04 Å². The number of methoxy groups -OCH3 is 1. The Morgan fingerprint density at radius 3 is 2.53 bits per heavy atom. The molecule has 0 spiro atoms. The molecule has 0 aromatic carbocycles. The van der Waals surface area contributed by atoms with Gasteiger partial charge in [-0.05, 0) is 19.3 Å². The van der Waals surface area contributed by atoms with Crippen LogP contribution in [-0.4, -0.2) is 47.5 Å².